The van der Waals surface area contributed by atoms with E-state index in [-0.39, 0.29) is 95.7 Å². The Labute approximate surface area is 337 Å². The first-order valence-corrected chi connectivity index (χ1v) is 21.1. The highest BCUT2D eigenvalue weighted by atomic mass is 31.2. The van der Waals surface area contributed by atoms with E-state index in [0.717, 1.165) is 13.0 Å². The fourth-order valence-corrected chi connectivity index (χ4v) is 5.90. The molecule has 0 heterocycles. The van der Waals surface area contributed by atoms with Crippen molar-refractivity contribution in [2.45, 2.75) is 50.8 Å². The minimum atomic E-state index is -3.82. The number of aldehydes is 1. The number of carbonyl (C=O) groups excluding carboxylic acids is 3. The monoisotopic (exact) mass is 826 g/mol. The summed E-state index contributed by atoms with van der Waals surface area (Å²) < 4.78 is 49.0. The summed E-state index contributed by atoms with van der Waals surface area (Å²) in [5.74, 6) is 3.68. The Hall–Kier alpha value is -3.42. The molecule has 0 fully saturated rings. The van der Waals surface area contributed by atoms with E-state index in [2.05, 4.69) is 33.1 Å². The molecule has 0 spiro atoms. The fourth-order valence-electron chi connectivity index (χ4n) is 5.39. The van der Waals surface area contributed by atoms with E-state index in [1.807, 2.05) is 6.92 Å². The molecular weight excluding hydrogens is 763 g/mol. The maximum absolute atomic E-state index is 13.1. The van der Waals surface area contributed by atoms with Crippen LogP contribution < -0.4 is 25.8 Å². The molecule has 0 saturated heterocycles. The Morgan fingerprint density at radius 2 is 1.30 bits per heavy atom. The van der Waals surface area contributed by atoms with E-state index in [1.54, 1.807) is 0 Å². The van der Waals surface area contributed by atoms with Gasteiger partial charge < -0.3 is 63.7 Å². The Morgan fingerprint density at radius 3 is 1.77 bits per heavy atom. The van der Waals surface area contributed by atoms with Gasteiger partial charge >= 0.3 is 7.60 Å². The topological polar surface area (TPSA) is 221 Å². The third-order valence-corrected chi connectivity index (χ3v) is 8.63. The summed E-state index contributed by atoms with van der Waals surface area (Å²) in [5.41, 5.74) is -0.744. The van der Waals surface area contributed by atoms with Crippen LogP contribution in [0.4, 0.5) is 0 Å². The quantitative estimate of drug-likeness (QED) is 0.0182. The van der Waals surface area contributed by atoms with Crippen molar-refractivity contribution in [2.75, 3.05) is 112 Å². The van der Waals surface area contributed by atoms with Crippen LogP contribution in [0, 0.1) is 30.6 Å². The molecule has 322 valence electrons. The smallest absolute Gasteiger partial charge is 0.373 e. The minimum Gasteiger partial charge on any atom is -0.425 e. The number of terminal acetylenes is 2. The van der Waals surface area contributed by atoms with Crippen molar-refractivity contribution in [2.24, 2.45) is 5.92 Å². The molecule has 0 aliphatic heterocycles. The number of hydrogen-bond acceptors (Lipinski definition) is 14. The number of hydrogen-bond donors (Lipinski definition) is 6. The number of rotatable bonds is 37. The van der Waals surface area contributed by atoms with Crippen molar-refractivity contribution in [1.29, 1.82) is 0 Å². The summed E-state index contributed by atoms with van der Waals surface area (Å²) in [7, 11) is -3.82. The molecule has 1 rings (SSSR count). The number of nitrogens with one attached hydrogen (secondary N) is 4. The van der Waals surface area contributed by atoms with Gasteiger partial charge in [0, 0.05) is 63.7 Å². The molecule has 0 aliphatic carbocycles. The normalized spacial score (nSPS) is 13.4. The predicted octanol–water partition coefficient (Wildman–Crippen LogP) is 1.17. The maximum atomic E-state index is 13.1. The van der Waals surface area contributed by atoms with E-state index in [9.17, 15) is 28.9 Å². The van der Waals surface area contributed by atoms with Crippen LogP contribution in [0.15, 0.2) is 24.3 Å². The van der Waals surface area contributed by atoms with Crippen molar-refractivity contribution in [3.05, 3.63) is 29.8 Å². The Balaban J connectivity index is 3.16. The summed E-state index contributed by atoms with van der Waals surface area (Å²) in [6, 6.07) is 5.92. The second-order valence-corrected chi connectivity index (χ2v) is 14.6. The third kappa shape index (κ3) is 27.8. The SMILES string of the molecule is C#CCOCCOCCNC(=O)CCC(CCC(=O)NCCOCCOCC#C)(CC(C=O)CNCCOCCOCC)NC(O)c1ccc(OP(C)(=O)O)cc1. The molecule has 0 saturated carbocycles. The van der Waals surface area contributed by atoms with Crippen molar-refractivity contribution in [3.63, 3.8) is 0 Å². The van der Waals surface area contributed by atoms with E-state index in [1.165, 1.54) is 24.3 Å². The van der Waals surface area contributed by atoms with Crippen LogP contribution in [0.5, 0.6) is 5.75 Å². The highest BCUT2D eigenvalue weighted by Crippen LogP contribution is 2.38. The third-order valence-electron chi connectivity index (χ3n) is 8.08. The minimum absolute atomic E-state index is 0.00997. The van der Waals surface area contributed by atoms with Crippen LogP contribution in [0.1, 0.15) is 50.8 Å². The first kappa shape index (κ1) is 51.6. The first-order chi connectivity index (χ1) is 27.5. The van der Waals surface area contributed by atoms with Gasteiger partial charge in [0.2, 0.25) is 11.8 Å². The largest absolute Gasteiger partial charge is 0.425 e. The standard InChI is InChI=1S/C39H63N4O13P/c1-5-19-51-26-28-54-22-17-41-36(45)12-14-39(15-13-37(46)42-18-23-55-29-27-52-20-6-2,30-33(32-44)31-40-16-21-53-25-24-50-7-3)43-38(47)34-8-10-35(11-9-34)56-57(4,48)49/h1-2,8-11,32-33,38,40,43,47H,7,12-31H2,3-4H3,(H,41,45)(H,42,46)(H,48,49). The molecule has 0 bridgehead atoms. The number of benzene rings is 1. The lowest BCUT2D eigenvalue weighted by molar-refractivity contribution is -0.122. The molecule has 0 aliphatic rings. The van der Waals surface area contributed by atoms with E-state index in [4.69, 9.17) is 45.8 Å². The van der Waals surface area contributed by atoms with Gasteiger partial charge in [0.15, 0.2) is 0 Å². The van der Waals surface area contributed by atoms with Crippen molar-refractivity contribution in [1.82, 2.24) is 21.3 Å². The molecule has 6 N–H and O–H groups in total. The van der Waals surface area contributed by atoms with E-state index < -0.39 is 25.3 Å². The second kappa shape index (κ2) is 32.5. The molecule has 0 aromatic heterocycles. The fraction of sp³-hybridized carbons (Fsp3) is 0.667. The average Bonchev–Trinajstić information content (AvgIpc) is 3.18. The van der Waals surface area contributed by atoms with Gasteiger partial charge in [0.25, 0.3) is 0 Å². The van der Waals surface area contributed by atoms with Crippen LogP contribution in [-0.2, 0) is 47.4 Å². The molecule has 1 aromatic carbocycles. The van der Waals surface area contributed by atoms with E-state index >= 15 is 0 Å². The number of carbonyl (C=O) groups is 3. The number of ether oxygens (including phenoxy) is 6. The molecule has 1 aromatic rings. The lowest BCUT2D eigenvalue weighted by Crippen LogP contribution is -2.51. The summed E-state index contributed by atoms with van der Waals surface area (Å²) in [4.78, 5) is 48.4. The Bertz CT molecular complexity index is 1320. The first-order valence-electron chi connectivity index (χ1n) is 19.1. The summed E-state index contributed by atoms with van der Waals surface area (Å²) in [5, 5.41) is 23.6. The van der Waals surface area contributed by atoms with Gasteiger partial charge in [-0.1, -0.05) is 24.0 Å². The van der Waals surface area contributed by atoms with Gasteiger partial charge in [-0.15, -0.1) is 12.8 Å². The molecule has 3 unspecified atom stereocenters. The van der Waals surface area contributed by atoms with Crippen molar-refractivity contribution in [3.8, 4) is 30.4 Å². The highest BCUT2D eigenvalue weighted by Gasteiger charge is 2.36. The van der Waals surface area contributed by atoms with Crippen LogP contribution in [0.25, 0.3) is 0 Å². The zero-order valence-corrected chi connectivity index (χ0v) is 34.3. The predicted molar refractivity (Wildman–Crippen MR) is 213 cm³/mol. The van der Waals surface area contributed by atoms with Crippen LogP contribution >= 0.6 is 7.60 Å². The maximum Gasteiger partial charge on any atom is 0.373 e. The van der Waals surface area contributed by atoms with Gasteiger partial charge in [-0.3, -0.25) is 14.9 Å². The average molecular weight is 827 g/mol. The molecule has 57 heavy (non-hydrogen) atoms. The lowest BCUT2D eigenvalue weighted by Gasteiger charge is -2.39. The van der Waals surface area contributed by atoms with Crippen LogP contribution in [0.2, 0.25) is 0 Å². The number of aliphatic hydroxyl groups is 1. The van der Waals surface area contributed by atoms with Crippen molar-refractivity contribution >= 4 is 25.7 Å². The van der Waals surface area contributed by atoms with Gasteiger partial charge in [0.1, 0.15) is 31.5 Å². The molecular formula is C39H63N4O13P. The zero-order valence-electron chi connectivity index (χ0n) is 33.4. The van der Waals surface area contributed by atoms with Gasteiger partial charge in [0.05, 0.1) is 59.5 Å². The Morgan fingerprint density at radius 1 is 0.807 bits per heavy atom. The second-order valence-electron chi connectivity index (χ2n) is 12.8. The summed E-state index contributed by atoms with van der Waals surface area (Å²) in [6.07, 6.45) is 10.2. The summed E-state index contributed by atoms with van der Waals surface area (Å²) in [6.45, 7) is 8.18. The zero-order chi connectivity index (χ0) is 42.0. The van der Waals surface area contributed by atoms with Crippen LogP contribution in [-0.4, -0.2) is 146 Å². The van der Waals surface area contributed by atoms with Gasteiger partial charge in [-0.05, 0) is 43.9 Å². The number of amides is 2. The van der Waals surface area contributed by atoms with Crippen molar-refractivity contribution < 1.29 is 61.9 Å². The molecule has 18 heteroatoms. The highest BCUT2D eigenvalue weighted by molar-refractivity contribution is 7.52. The lowest BCUT2D eigenvalue weighted by atomic mass is 9.79. The molecule has 0 radical (unpaired) electrons. The molecule has 2 amide bonds. The Kier molecular flexibility index (Phi) is 29.4. The van der Waals surface area contributed by atoms with Crippen LogP contribution in [0.3, 0.4) is 0 Å². The van der Waals surface area contributed by atoms with E-state index in [0.29, 0.717) is 65.0 Å². The van der Waals surface area contributed by atoms with Gasteiger partial charge in [-0.25, -0.2) is 4.57 Å². The number of aliphatic hydroxyl groups excluding tert-OH is 1. The molecule has 17 nitrogen and oxygen atoms in total. The van der Waals surface area contributed by atoms with Gasteiger partial charge in [-0.2, -0.15) is 0 Å². The summed E-state index contributed by atoms with van der Waals surface area (Å²) >= 11 is 0. The molecule has 3 atom stereocenters.